The van der Waals surface area contributed by atoms with Crippen LogP contribution in [-0.4, -0.2) is 10.2 Å². The summed E-state index contributed by atoms with van der Waals surface area (Å²) in [6.45, 7) is 0. The zero-order valence-corrected chi connectivity index (χ0v) is 7.34. The van der Waals surface area contributed by atoms with Gasteiger partial charge in [-0.3, -0.25) is 0 Å². The lowest BCUT2D eigenvalue weighted by atomic mass is 10.2. The van der Waals surface area contributed by atoms with Gasteiger partial charge in [0.1, 0.15) is 17.1 Å². The number of rotatable bonds is 0. The molecule has 0 radical (unpaired) electrons. The van der Waals surface area contributed by atoms with Crippen LogP contribution in [0.3, 0.4) is 0 Å². The third-order valence-electron chi connectivity index (χ3n) is 1.71. The molecule has 0 aliphatic rings. The molecule has 3 nitrogen and oxygen atoms in total. The molecule has 0 spiro atoms. The predicted octanol–water partition coefficient (Wildman–Crippen LogP) is 2.57. The average molecular weight is 194 g/mol. The van der Waals surface area contributed by atoms with Gasteiger partial charge in [0.25, 0.3) is 0 Å². The normalized spacial score (nSPS) is 10.5. The van der Waals surface area contributed by atoms with Gasteiger partial charge in [-0.2, -0.15) is 0 Å². The second-order valence-electron chi connectivity index (χ2n) is 2.63. The molecule has 1 aromatic carbocycles. The Kier molecular flexibility index (Phi) is 1.70. The highest BCUT2D eigenvalue weighted by atomic mass is 32.1. The summed E-state index contributed by atoms with van der Waals surface area (Å²) in [6.07, 6.45) is 0. The van der Waals surface area contributed by atoms with Crippen LogP contribution in [0.4, 0.5) is 0 Å². The Bertz CT molecular complexity index is 516. The van der Waals surface area contributed by atoms with Crippen LogP contribution >= 0.6 is 12.2 Å². The number of phenols is 1. The zero-order chi connectivity index (χ0) is 9.42. The molecule has 13 heavy (non-hydrogen) atoms. The summed E-state index contributed by atoms with van der Waals surface area (Å²) in [5, 5.41) is 19.1. The predicted molar refractivity (Wildman–Crippen MR) is 50.4 cm³/mol. The van der Waals surface area contributed by atoms with E-state index >= 15 is 0 Å². The Morgan fingerprint density at radius 3 is 2.69 bits per heavy atom. The Labute approximate surface area is 78.9 Å². The molecule has 0 aliphatic carbocycles. The summed E-state index contributed by atoms with van der Waals surface area (Å²) in [7, 11) is 0. The van der Waals surface area contributed by atoms with E-state index in [-0.39, 0.29) is 16.2 Å². The topological polar surface area (TPSA) is 53.6 Å². The minimum atomic E-state index is 0.0613. The van der Waals surface area contributed by atoms with Crippen LogP contribution < -0.4 is 0 Å². The third-order valence-corrected chi connectivity index (χ3v) is 1.91. The fourth-order valence-electron chi connectivity index (χ4n) is 1.13. The molecule has 2 rings (SSSR count). The van der Waals surface area contributed by atoms with Crippen LogP contribution in [0.5, 0.6) is 11.5 Å². The van der Waals surface area contributed by atoms with Gasteiger partial charge >= 0.3 is 0 Å². The van der Waals surface area contributed by atoms with E-state index in [9.17, 15) is 5.11 Å². The highest BCUT2D eigenvalue weighted by Gasteiger charge is 2.02. The lowest BCUT2D eigenvalue weighted by Crippen LogP contribution is -1.74. The lowest BCUT2D eigenvalue weighted by Gasteiger charge is -1.99. The number of fused-ring (bicyclic) bond motifs is 1. The molecule has 66 valence electrons. The third kappa shape index (κ3) is 1.36. The Hall–Kier alpha value is -1.55. The summed E-state index contributed by atoms with van der Waals surface area (Å²) >= 11 is 4.76. The molecule has 0 unspecified atom stereocenters. The molecule has 0 fully saturated rings. The van der Waals surface area contributed by atoms with Gasteiger partial charge in [-0.25, -0.2) is 0 Å². The maximum Gasteiger partial charge on any atom is 0.194 e. The summed E-state index contributed by atoms with van der Waals surface area (Å²) in [6, 6.07) is 5.80. The van der Waals surface area contributed by atoms with Gasteiger partial charge in [0.2, 0.25) is 0 Å². The van der Waals surface area contributed by atoms with Crippen molar-refractivity contribution in [2.24, 2.45) is 0 Å². The minimum Gasteiger partial charge on any atom is -0.508 e. The molecule has 1 aromatic heterocycles. The Morgan fingerprint density at radius 1 is 1.15 bits per heavy atom. The first-order valence-electron chi connectivity index (χ1n) is 3.62. The molecule has 0 saturated heterocycles. The maximum absolute atomic E-state index is 9.43. The SMILES string of the molecule is Oc1ccc2c(O)cc(=S)oc2c1. The fraction of sp³-hybridized carbons (Fsp3) is 0. The van der Waals surface area contributed by atoms with Gasteiger partial charge in [0.05, 0.1) is 5.39 Å². The molecule has 0 atom stereocenters. The van der Waals surface area contributed by atoms with Gasteiger partial charge < -0.3 is 14.6 Å². The van der Waals surface area contributed by atoms with E-state index in [1.807, 2.05) is 0 Å². The van der Waals surface area contributed by atoms with Crippen LogP contribution in [0.15, 0.2) is 28.7 Å². The van der Waals surface area contributed by atoms with E-state index in [4.69, 9.17) is 21.7 Å². The van der Waals surface area contributed by atoms with Crippen molar-refractivity contribution in [1.82, 2.24) is 0 Å². The standard InChI is InChI=1S/C9H6O3S/c10-5-1-2-6-7(11)4-9(13)12-8(6)3-5/h1-4,10-11H. The van der Waals surface area contributed by atoms with Crippen LogP contribution in [0.25, 0.3) is 11.0 Å². The van der Waals surface area contributed by atoms with Crippen LogP contribution in [-0.2, 0) is 0 Å². The first-order chi connectivity index (χ1) is 6.16. The molecule has 0 bridgehead atoms. The zero-order valence-electron chi connectivity index (χ0n) is 6.52. The monoisotopic (exact) mass is 194 g/mol. The van der Waals surface area contributed by atoms with Crippen molar-refractivity contribution in [1.29, 1.82) is 0 Å². The Morgan fingerprint density at radius 2 is 1.92 bits per heavy atom. The average Bonchev–Trinajstić information content (AvgIpc) is 2.02. The largest absolute Gasteiger partial charge is 0.508 e. The van der Waals surface area contributed by atoms with E-state index in [0.717, 1.165) is 0 Å². The molecular weight excluding hydrogens is 188 g/mol. The van der Waals surface area contributed by atoms with E-state index in [1.165, 1.54) is 18.2 Å². The minimum absolute atomic E-state index is 0.0613. The number of hydrogen-bond acceptors (Lipinski definition) is 4. The van der Waals surface area contributed by atoms with E-state index < -0.39 is 0 Å². The first-order valence-corrected chi connectivity index (χ1v) is 4.03. The van der Waals surface area contributed by atoms with Gasteiger partial charge in [-0.1, -0.05) is 0 Å². The molecule has 0 amide bonds. The first kappa shape index (κ1) is 8.07. The van der Waals surface area contributed by atoms with E-state index in [2.05, 4.69) is 0 Å². The van der Waals surface area contributed by atoms with Gasteiger partial charge in [-0.05, 0) is 24.4 Å². The molecule has 0 saturated carbocycles. The molecular formula is C9H6O3S. The van der Waals surface area contributed by atoms with Crippen LogP contribution in [0, 0.1) is 4.71 Å². The van der Waals surface area contributed by atoms with Crippen molar-refractivity contribution in [2.45, 2.75) is 0 Å². The summed E-state index contributed by atoms with van der Waals surface area (Å²) < 4.78 is 5.31. The molecule has 2 N–H and O–H groups in total. The second-order valence-corrected chi connectivity index (χ2v) is 3.03. The van der Waals surface area contributed by atoms with Gasteiger partial charge in [0.15, 0.2) is 4.71 Å². The number of phenolic OH excluding ortho intramolecular Hbond substituents is 1. The van der Waals surface area contributed by atoms with Crippen molar-refractivity contribution in [3.63, 3.8) is 0 Å². The van der Waals surface area contributed by atoms with E-state index in [0.29, 0.717) is 11.0 Å². The lowest BCUT2D eigenvalue weighted by molar-refractivity contribution is 0.466. The Balaban J connectivity index is 2.94. The fourth-order valence-corrected chi connectivity index (χ4v) is 1.34. The van der Waals surface area contributed by atoms with Gasteiger partial charge in [0, 0.05) is 12.1 Å². The summed E-state index contributed by atoms with van der Waals surface area (Å²) in [5.74, 6) is 0.141. The highest BCUT2D eigenvalue weighted by Crippen LogP contribution is 2.27. The molecule has 1 heterocycles. The number of aromatic hydroxyl groups is 2. The maximum atomic E-state index is 9.43. The van der Waals surface area contributed by atoms with Crippen LogP contribution in [0.2, 0.25) is 0 Å². The van der Waals surface area contributed by atoms with Crippen molar-refractivity contribution < 1.29 is 14.6 Å². The smallest absolute Gasteiger partial charge is 0.194 e. The quantitative estimate of drug-likeness (QED) is 0.633. The van der Waals surface area contributed by atoms with Crippen molar-refractivity contribution in [3.8, 4) is 11.5 Å². The molecule has 0 aliphatic heterocycles. The number of benzene rings is 1. The highest BCUT2D eigenvalue weighted by molar-refractivity contribution is 7.71. The summed E-state index contributed by atoms with van der Waals surface area (Å²) in [4.78, 5) is 0. The summed E-state index contributed by atoms with van der Waals surface area (Å²) in [5.41, 5.74) is 0.380. The second kappa shape index (κ2) is 2.74. The van der Waals surface area contributed by atoms with Crippen molar-refractivity contribution >= 4 is 23.2 Å². The van der Waals surface area contributed by atoms with Crippen LogP contribution in [0.1, 0.15) is 0 Å². The number of hydrogen-bond donors (Lipinski definition) is 2. The van der Waals surface area contributed by atoms with Crippen molar-refractivity contribution in [3.05, 3.63) is 29.0 Å². The van der Waals surface area contributed by atoms with E-state index in [1.54, 1.807) is 6.07 Å². The molecule has 4 heteroatoms. The van der Waals surface area contributed by atoms with Gasteiger partial charge in [-0.15, -0.1) is 0 Å². The van der Waals surface area contributed by atoms with Crippen molar-refractivity contribution in [2.75, 3.05) is 0 Å². The molecule has 2 aromatic rings.